The van der Waals surface area contributed by atoms with Gasteiger partial charge in [-0.05, 0) is 25.5 Å². The van der Waals surface area contributed by atoms with Crippen LogP contribution < -0.4 is 4.72 Å². The first kappa shape index (κ1) is 11.9. The van der Waals surface area contributed by atoms with Gasteiger partial charge in [-0.3, -0.25) is 5.10 Å². The largest absolute Gasteiger partial charge is 0.281 e. The number of nitrogens with zero attached hydrogens (tertiary/aromatic N) is 1. The van der Waals surface area contributed by atoms with Crippen molar-refractivity contribution in [3.05, 3.63) is 11.9 Å². The van der Waals surface area contributed by atoms with Crippen LogP contribution in [0.3, 0.4) is 0 Å². The van der Waals surface area contributed by atoms with E-state index in [9.17, 15) is 8.42 Å². The molecule has 90 valence electrons. The molecule has 1 aliphatic heterocycles. The van der Waals surface area contributed by atoms with E-state index in [4.69, 9.17) is 0 Å². The maximum atomic E-state index is 12.0. The predicted octanol–water partition coefficient (Wildman–Crippen LogP) is 0.892. The minimum Gasteiger partial charge on any atom is -0.281 e. The molecule has 1 aliphatic rings. The Labute approximate surface area is 99.4 Å². The van der Waals surface area contributed by atoms with Gasteiger partial charge >= 0.3 is 0 Å². The van der Waals surface area contributed by atoms with Gasteiger partial charge in [0.05, 0.1) is 11.9 Å². The van der Waals surface area contributed by atoms with Crippen LogP contribution >= 0.6 is 11.8 Å². The summed E-state index contributed by atoms with van der Waals surface area (Å²) in [6.45, 7) is 1.71. The van der Waals surface area contributed by atoms with Gasteiger partial charge in [-0.15, -0.1) is 0 Å². The Bertz CT molecular complexity index is 449. The van der Waals surface area contributed by atoms with E-state index in [1.807, 2.05) is 0 Å². The summed E-state index contributed by atoms with van der Waals surface area (Å²) >= 11 is 1.79. The second kappa shape index (κ2) is 4.77. The number of hydrogen-bond donors (Lipinski definition) is 2. The van der Waals surface area contributed by atoms with Crippen LogP contribution in [0.5, 0.6) is 0 Å². The summed E-state index contributed by atoms with van der Waals surface area (Å²) < 4.78 is 26.7. The molecule has 0 aliphatic carbocycles. The van der Waals surface area contributed by atoms with E-state index in [0.29, 0.717) is 5.69 Å². The quantitative estimate of drug-likeness (QED) is 0.847. The van der Waals surface area contributed by atoms with Crippen LogP contribution in [0.15, 0.2) is 11.1 Å². The number of hydrogen-bond acceptors (Lipinski definition) is 4. The van der Waals surface area contributed by atoms with Crippen LogP contribution in [-0.4, -0.2) is 36.2 Å². The summed E-state index contributed by atoms with van der Waals surface area (Å²) in [5.41, 5.74) is 0.580. The Hall–Kier alpha value is -0.530. The molecule has 7 heteroatoms. The zero-order chi connectivity index (χ0) is 11.6. The predicted molar refractivity (Wildman–Crippen MR) is 64.0 cm³/mol. The summed E-state index contributed by atoms with van der Waals surface area (Å²) in [6, 6.07) is 0.0537. The van der Waals surface area contributed by atoms with E-state index < -0.39 is 10.0 Å². The average Bonchev–Trinajstić information content (AvgIpc) is 2.66. The van der Waals surface area contributed by atoms with E-state index in [0.717, 1.165) is 24.3 Å². The van der Waals surface area contributed by atoms with Crippen molar-refractivity contribution in [2.45, 2.75) is 30.7 Å². The number of H-pyrrole nitrogens is 1. The third-order valence-corrected chi connectivity index (χ3v) is 5.40. The highest BCUT2D eigenvalue weighted by molar-refractivity contribution is 7.99. The molecule has 16 heavy (non-hydrogen) atoms. The van der Waals surface area contributed by atoms with Crippen molar-refractivity contribution in [1.82, 2.24) is 14.9 Å². The van der Waals surface area contributed by atoms with Crippen molar-refractivity contribution in [3.63, 3.8) is 0 Å². The summed E-state index contributed by atoms with van der Waals surface area (Å²) in [6.07, 6.45) is 3.35. The lowest BCUT2D eigenvalue weighted by Crippen LogP contribution is -2.38. The molecular formula is C9H15N3O2S2. The number of sulfonamides is 1. The van der Waals surface area contributed by atoms with Crippen LogP contribution in [0, 0.1) is 6.92 Å². The molecule has 1 fully saturated rings. The number of thioether (sulfide) groups is 1. The molecule has 1 saturated heterocycles. The Morgan fingerprint density at radius 1 is 1.62 bits per heavy atom. The molecule has 5 nitrogen and oxygen atoms in total. The Balaban J connectivity index is 2.11. The molecule has 1 atom stereocenters. The smallest absolute Gasteiger partial charge is 0.244 e. The van der Waals surface area contributed by atoms with Crippen LogP contribution in [0.1, 0.15) is 18.5 Å². The van der Waals surface area contributed by atoms with Gasteiger partial charge < -0.3 is 0 Å². The van der Waals surface area contributed by atoms with Crippen molar-refractivity contribution in [2.24, 2.45) is 0 Å². The molecular weight excluding hydrogens is 246 g/mol. The van der Waals surface area contributed by atoms with Gasteiger partial charge in [-0.25, -0.2) is 13.1 Å². The fraction of sp³-hybridized carbons (Fsp3) is 0.667. The topological polar surface area (TPSA) is 74.8 Å². The monoisotopic (exact) mass is 261 g/mol. The Kier molecular flexibility index (Phi) is 3.56. The van der Waals surface area contributed by atoms with Crippen molar-refractivity contribution >= 4 is 21.8 Å². The van der Waals surface area contributed by atoms with Gasteiger partial charge in [0, 0.05) is 11.8 Å². The molecule has 1 aromatic rings. The fourth-order valence-electron chi connectivity index (χ4n) is 1.73. The van der Waals surface area contributed by atoms with Crippen molar-refractivity contribution in [3.8, 4) is 0 Å². The number of aromatic amines is 1. The van der Waals surface area contributed by atoms with Gasteiger partial charge in [-0.2, -0.15) is 16.9 Å². The average molecular weight is 261 g/mol. The lowest BCUT2D eigenvalue weighted by molar-refractivity contribution is 0.542. The molecule has 0 radical (unpaired) electrons. The molecule has 2 heterocycles. The lowest BCUT2D eigenvalue weighted by Gasteiger charge is -2.22. The molecule has 2 N–H and O–H groups in total. The first-order chi connectivity index (χ1) is 7.59. The molecule has 2 rings (SSSR count). The second-order valence-corrected chi connectivity index (χ2v) is 6.73. The van der Waals surface area contributed by atoms with E-state index in [1.54, 1.807) is 18.7 Å². The van der Waals surface area contributed by atoms with Crippen LogP contribution in [0.4, 0.5) is 0 Å². The highest BCUT2D eigenvalue weighted by atomic mass is 32.2. The van der Waals surface area contributed by atoms with Crippen LogP contribution in [-0.2, 0) is 10.0 Å². The van der Waals surface area contributed by atoms with Crippen LogP contribution in [0.2, 0.25) is 0 Å². The van der Waals surface area contributed by atoms with Gasteiger partial charge in [0.15, 0.2) is 0 Å². The summed E-state index contributed by atoms with van der Waals surface area (Å²) in [5.74, 6) is 1.99. The van der Waals surface area contributed by atoms with Gasteiger partial charge in [0.2, 0.25) is 10.0 Å². The SMILES string of the molecule is Cc1[nH]ncc1S(=O)(=O)NC1CCCSC1. The van der Waals surface area contributed by atoms with Crippen molar-refractivity contribution in [1.29, 1.82) is 0 Å². The van der Waals surface area contributed by atoms with Gasteiger partial charge in [-0.1, -0.05) is 0 Å². The third kappa shape index (κ3) is 2.58. The second-order valence-electron chi connectivity index (χ2n) is 3.89. The summed E-state index contributed by atoms with van der Waals surface area (Å²) in [7, 11) is -3.40. The highest BCUT2D eigenvalue weighted by Crippen LogP contribution is 2.19. The zero-order valence-corrected chi connectivity index (χ0v) is 10.7. The molecule has 1 aromatic heterocycles. The van der Waals surface area contributed by atoms with Crippen molar-refractivity contribution in [2.75, 3.05) is 11.5 Å². The lowest BCUT2D eigenvalue weighted by atomic mass is 10.2. The molecule has 0 amide bonds. The molecule has 0 aromatic carbocycles. The maximum absolute atomic E-state index is 12.0. The van der Waals surface area contributed by atoms with E-state index >= 15 is 0 Å². The zero-order valence-electron chi connectivity index (χ0n) is 9.06. The maximum Gasteiger partial charge on any atom is 0.244 e. The van der Waals surface area contributed by atoms with E-state index in [1.165, 1.54) is 6.20 Å². The normalized spacial score (nSPS) is 22.2. The Morgan fingerprint density at radius 3 is 3.00 bits per heavy atom. The summed E-state index contributed by atoms with van der Waals surface area (Å²) in [4.78, 5) is 0.253. The minimum atomic E-state index is -3.40. The first-order valence-electron chi connectivity index (χ1n) is 5.19. The standard InChI is InChI=1S/C9H15N3O2S2/c1-7-9(5-10-11-7)16(13,14)12-8-3-2-4-15-6-8/h5,8,12H,2-4,6H2,1H3,(H,10,11). The van der Waals surface area contributed by atoms with Gasteiger partial charge in [0.25, 0.3) is 0 Å². The number of nitrogens with one attached hydrogen (secondary N) is 2. The number of aromatic nitrogens is 2. The van der Waals surface area contributed by atoms with Gasteiger partial charge in [0.1, 0.15) is 4.90 Å². The molecule has 0 spiro atoms. The van der Waals surface area contributed by atoms with Crippen LogP contribution in [0.25, 0.3) is 0 Å². The van der Waals surface area contributed by atoms with Crippen molar-refractivity contribution < 1.29 is 8.42 Å². The fourth-order valence-corrected chi connectivity index (χ4v) is 4.31. The van der Waals surface area contributed by atoms with E-state index in [-0.39, 0.29) is 10.9 Å². The Morgan fingerprint density at radius 2 is 2.44 bits per heavy atom. The molecule has 0 bridgehead atoms. The first-order valence-corrected chi connectivity index (χ1v) is 7.83. The third-order valence-electron chi connectivity index (χ3n) is 2.56. The summed E-state index contributed by atoms with van der Waals surface area (Å²) in [5, 5.41) is 6.37. The van der Waals surface area contributed by atoms with E-state index in [2.05, 4.69) is 14.9 Å². The minimum absolute atomic E-state index is 0.0537. The number of rotatable bonds is 3. The molecule has 1 unspecified atom stereocenters. The highest BCUT2D eigenvalue weighted by Gasteiger charge is 2.24. The molecule has 0 saturated carbocycles. The number of aryl methyl sites for hydroxylation is 1.